The van der Waals surface area contributed by atoms with Crippen LogP contribution in [0.4, 0.5) is 0 Å². The summed E-state index contributed by atoms with van der Waals surface area (Å²) in [6.45, 7) is 8.90. The maximum absolute atomic E-state index is 13.3. The lowest BCUT2D eigenvalue weighted by molar-refractivity contribution is -0.143. The maximum atomic E-state index is 13.3. The van der Waals surface area contributed by atoms with E-state index in [9.17, 15) is 19.5 Å². The normalized spacial score (nSPS) is 12.6. The molecule has 3 N–H and O–H groups in total. The quantitative estimate of drug-likeness (QED) is 0.0937. The number of nitrogens with zero attached hydrogens (tertiary/aromatic N) is 2. The summed E-state index contributed by atoms with van der Waals surface area (Å²) in [5.74, 6) is -0.876. The fourth-order valence-corrected chi connectivity index (χ4v) is 6.17. The van der Waals surface area contributed by atoms with Crippen LogP contribution in [-0.4, -0.2) is 65.3 Å². The van der Waals surface area contributed by atoms with Gasteiger partial charge in [-0.3, -0.25) is 9.59 Å². The van der Waals surface area contributed by atoms with Gasteiger partial charge in [-0.25, -0.2) is 14.8 Å². The van der Waals surface area contributed by atoms with Crippen molar-refractivity contribution >= 4 is 29.1 Å². The van der Waals surface area contributed by atoms with E-state index in [2.05, 4.69) is 48.3 Å². The summed E-state index contributed by atoms with van der Waals surface area (Å²) in [5.41, 5.74) is 3.28. The fraction of sp³-hybridized carbons (Fsp3) is 0.410. The summed E-state index contributed by atoms with van der Waals surface area (Å²) in [6.07, 6.45) is 9.69. The van der Waals surface area contributed by atoms with Gasteiger partial charge in [0.1, 0.15) is 11.8 Å². The smallest absolute Gasteiger partial charge is 0.328 e. The highest BCUT2D eigenvalue weighted by atomic mass is 32.1. The predicted octanol–water partition coefficient (Wildman–Crippen LogP) is 7.08. The average molecular weight is 701 g/mol. The molecular weight excluding hydrogens is 653 g/mol. The molecule has 0 spiro atoms. The Morgan fingerprint density at radius 3 is 2.08 bits per heavy atom. The molecule has 0 bridgehead atoms. The molecule has 0 fully saturated rings. The number of rotatable bonds is 18. The molecule has 2 aromatic carbocycles. The number of nitrogens with one attached hydrogen (secondary N) is 2. The lowest BCUT2D eigenvalue weighted by Crippen LogP contribution is -2.53. The zero-order valence-electron chi connectivity index (χ0n) is 29.5. The predicted molar refractivity (Wildman–Crippen MR) is 197 cm³/mol. The van der Waals surface area contributed by atoms with Gasteiger partial charge in [0.05, 0.1) is 18.1 Å². The summed E-state index contributed by atoms with van der Waals surface area (Å²) in [4.78, 5) is 49.0. The number of carbonyl (C=O) groups is 3. The Morgan fingerprint density at radius 2 is 1.48 bits per heavy atom. The van der Waals surface area contributed by atoms with E-state index in [1.54, 1.807) is 18.5 Å². The standard InChI is InChI=1S/C39H48N4O6S/c1-6-7-8-9-10-21-49-30-17-15-27(16-18-30)29-23-40-35(41-24-29)28-13-11-26(12-14-28)22-31(36(44)43-32(25-48-5)38(46)47)42-37(45)33-19-20-34(50-33)39(2,3)4/h11-20,23-24,31-32H,6-10,21-22,25H2,1-5H3,(H,42,45)(H,43,44)(H,46,47)/t31-,32?/m0/s1. The number of carboxylic acids is 1. The maximum Gasteiger partial charge on any atom is 0.328 e. The van der Waals surface area contributed by atoms with Crippen LogP contribution in [-0.2, 0) is 26.2 Å². The van der Waals surface area contributed by atoms with Gasteiger partial charge in [0.25, 0.3) is 5.91 Å². The number of ether oxygens (including phenoxy) is 2. The summed E-state index contributed by atoms with van der Waals surface area (Å²) < 4.78 is 10.9. The second-order valence-electron chi connectivity index (χ2n) is 13.3. The van der Waals surface area contributed by atoms with Gasteiger partial charge in [0.2, 0.25) is 5.91 Å². The summed E-state index contributed by atoms with van der Waals surface area (Å²) in [7, 11) is 1.36. The van der Waals surface area contributed by atoms with Crippen molar-refractivity contribution in [2.45, 2.75) is 83.7 Å². The molecule has 0 saturated heterocycles. The molecule has 1 unspecified atom stereocenters. The summed E-state index contributed by atoms with van der Waals surface area (Å²) >= 11 is 1.36. The number of benzene rings is 2. The molecule has 0 radical (unpaired) electrons. The Kier molecular flexibility index (Phi) is 14.1. The first kappa shape index (κ1) is 38.2. The van der Waals surface area contributed by atoms with E-state index in [0.29, 0.717) is 10.7 Å². The Hall–Kier alpha value is -4.61. The molecule has 0 aliphatic rings. The van der Waals surface area contributed by atoms with Crippen molar-refractivity contribution in [2.24, 2.45) is 0 Å². The first-order valence-electron chi connectivity index (χ1n) is 17.1. The molecule has 11 heteroatoms. The van der Waals surface area contributed by atoms with Crippen LogP contribution in [0.5, 0.6) is 5.75 Å². The Balaban J connectivity index is 1.42. The lowest BCUT2D eigenvalue weighted by Gasteiger charge is -2.21. The van der Waals surface area contributed by atoms with E-state index in [-0.39, 0.29) is 18.4 Å². The van der Waals surface area contributed by atoms with Gasteiger partial charge in [-0.1, -0.05) is 89.8 Å². The van der Waals surface area contributed by atoms with E-state index in [0.717, 1.165) is 45.9 Å². The minimum absolute atomic E-state index is 0.131. The van der Waals surface area contributed by atoms with Crippen LogP contribution < -0.4 is 15.4 Å². The van der Waals surface area contributed by atoms with E-state index in [1.807, 2.05) is 54.6 Å². The van der Waals surface area contributed by atoms with Crippen molar-refractivity contribution in [3.8, 4) is 28.3 Å². The minimum Gasteiger partial charge on any atom is -0.494 e. The average Bonchev–Trinajstić information content (AvgIpc) is 3.62. The molecule has 10 nitrogen and oxygen atoms in total. The van der Waals surface area contributed by atoms with Crippen molar-refractivity contribution in [2.75, 3.05) is 20.3 Å². The Labute approximate surface area is 298 Å². The van der Waals surface area contributed by atoms with Crippen LogP contribution in [0.2, 0.25) is 0 Å². The highest BCUT2D eigenvalue weighted by Gasteiger charge is 2.28. The van der Waals surface area contributed by atoms with Crippen molar-refractivity contribution in [3.63, 3.8) is 0 Å². The van der Waals surface area contributed by atoms with Gasteiger partial charge >= 0.3 is 5.97 Å². The number of aliphatic carboxylic acids is 1. The van der Waals surface area contributed by atoms with Crippen LogP contribution >= 0.6 is 11.3 Å². The van der Waals surface area contributed by atoms with Crippen LogP contribution in [0.3, 0.4) is 0 Å². The third kappa shape index (κ3) is 11.2. The van der Waals surface area contributed by atoms with Crippen molar-refractivity contribution in [3.05, 3.63) is 88.4 Å². The third-order valence-electron chi connectivity index (χ3n) is 8.15. The topological polar surface area (TPSA) is 140 Å². The number of carbonyl (C=O) groups excluding carboxylic acids is 2. The Bertz CT molecular complexity index is 1680. The van der Waals surface area contributed by atoms with Crippen LogP contribution in [0.25, 0.3) is 22.5 Å². The lowest BCUT2D eigenvalue weighted by atomic mass is 9.95. The number of thiophene rings is 1. The summed E-state index contributed by atoms with van der Waals surface area (Å²) in [6, 6.07) is 16.7. The molecule has 266 valence electrons. The fourth-order valence-electron chi connectivity index (χ4n) is 5.21. The Morgan fingerprint density at radius 1 is 0.820 bits per heavy atom. The van der Waals surface area contributed by atoms with Gasteiger partial charge in [0, 0.05) is 41.9 Å². The molecular formula is C39H48N4O6S. The number of carboxylic acid groups (broad SMARTS) is 1. The second kappa shape index (κ2) is 18.4. The molecule has 2 heterocycles. The second-order valence-corrected chi connectivity index (χ2v) is 14.4. The first-order valence-corrected chi connectivity index (χ1v) is 17.9. The third-order valence-corrected chi connectivity index (χ3v) is 9.66. The van der Waals surface area contributed by atoms with Crippen LogP contribution in [0, 0.1) is 0 Å². The highest BCUT2D eigenvalue weighted by molar-refractivity contribution is 7.14. The molecule has 4 aromatic rings. The number of methoxy groups -OCH3 is 1. The minimum atomic E-state index is -1.26. The van der Waals surface area contributed by atoms with E-state index in [1.165, 1.54) is 44.1 Å². The van der Waals surface area contributed by atoms with Crippen molar-refractivity contribution in [1.82, 2.24) is 20.6 Å². The van der Waals surface area contributed by atoms with Gasteiger partial charge < -0.3 is 25.2 Å². The monoisotopic (exact) mass is 700 g/mol. The van der Waals surface area contributed by atoms with E-state index in [4.69, 9.17) is 9.47 Å². The SMILES string of the molecule is CCCCCCCOc1ccc(-c2cnc(-c3ccc(C[C@H](NC(=O)c4ccc(C(C)(C)C)s4)C(=O)NC(COC)C(=O)O)cc3)nc2)cc1. The van der Waals surface area contributed by atoms with Crippen LogP contribution in [0.1, 0.15) is 79.9 Å². The molecule has 4 rings (SSSR count). The number of amides is 2. The van der Waals surface area contributed by atoms with Crippen molar-refractivity contribution < 1.29 is 29.0 Å². The van der Waals surface area contributed by atoms with E-state index >= 15 is 0 Å². The summed E-state index contributed by atoms with van der Waals surface area (Å²) in [5, 5.41) is 14.9. The molecule has 50 heavy (non-hydrogen) atoms. The zero-order chi connectivity index (χ0) is 36.1. The van der Waals surface area contributed by atoms with Crippen molar-refractivity contribution in [1.29, 1.82) is 0 Å². The number of unbranched alkanes of at least 4 members (excludes halogenated alkanes) is 4. The van der Waals surface area contributed by atoms with Crippen LogP contribution in [0.15, 0.2) is 73.1 Å². The number of hydrogen-bond donors (Lipinski definition) is 3. The number of hydrogen-bond acceptors (Lipinski definition) is 8. The molecule has 0 saturated carbocycles. The van der Waals surface area contributed by atoms with Gasteiger partial charge in [0.15, 0.2) is 11.9 Å². The van der Waals surface area contributed by atoms with Gasteiger partial charge in [-0.05, 0) is 47.2 Å². The molecule has 2 amide bonds. The van der Waals surface area contributed by atoms with E-state index < -0.39 is 29.9 Å². The largest absolute Gasteiger partial charge is 0.494 e. The molecule has 0 aliphatic carbocycles. The first-order chi connectivity index (χ1) is 24.0. The van der Waals surface area contributed by atoms with Gasteiger partial charge in [-0.15, -0.1) is 11.3 Å². The highest BCUT2D eigenvalue weighted by Crippen LogP contribution is 2.29. The number of aromatic nitrogens is 2. The molecule has 2 atom stereocenters. The molecule has 0 aliphatic heterocycles. The van der Waals surface area contributed by atoms with Gasteiger partial charge in [-0.2, -0.15) is 0 Å². The molecule has 2 aromatic heterocycles. The zero-order valence-corrected chi connectivity index (χ0v) is 30.3.